The molecule has 312 valence electrons. The van der Waals surface area contributed by atoms with E-state index in [1.165, 1.54) is 25.7 Å². The van der Waals surface area contributed by atoms with Gasteiger partial charge in [-0.3, -0.25) is 9.69 Å². The predicted octanol–water partition coefficient (Wildman–Crippen LogP) is 8.02. The van der Waals surface area contributed by atoms with E-state index < -0.39 is 17.4 Å². The lowest BCUT2D eigenvalue weighted by Gasteiger charge is -2.60. The van der Waals surface area contributed by atoms with E-state index in [1.807, 2.05) is 26.8 Å². The van der Waals surface area contributed by atoms with Crippen molar-refractivity contribution in [3.63, 3.8) is 0 Å². The number of nitrogens with zero attached hydrogens (tertiary/aromatic N) is 3. The van der Waals surface area contributed by atoms with E-state index in [9.17, 15) is 15.0 Å². The summed E-state index contributed by atoms with van der Waals surface area (Å²) in [6, 6.07) is 5.79. The van der Waals surface area contributed by atoms with Crippen LogP contribution in [-0.4, -0.2) is 102 Å². The molecule has 0 spiro atoms. The second kappa shape index (κ2) is 19.7. The van der Waals surface area contributed by atoms with E-state index in [0.717, 1.165) is 99.3 Å². The summed E-state index contributed by atoms with van der Waals surface area (Å²) in [5.41, 5.74) is 2.49. The normalized spacial score (nSPS) is 27.9. The molecule has 2 heterocycles. The largest absolute Gasteiger partial charge is 0.492 e. The molecule has 10 nitrogen and oxygen atoms in total. The number of aliphatic hydroxyl groups is 2. The first-order valence-corrected chi connectivity index (χ1v) is 22.0. The lowest BCUT2D eigenvalue weighted by Crippen LogP contribution is -2.70. The minimum absolute atomic E-state index is 0.0585. The molecule has 2 N–H and O–H groups in total. The maximum atomic E-state index is 14.7. The molecular weight excluding hydrogens is 707 g/mol. The molecule has 1 saturated heterocycles. The molecule has 2 aliphatic heterocycles. The Labute approximate surface area is 336 Å². The van der Waals surface area contributed by atoms with Gasteiger partial charge in [0.25, 0.3) is 0 Å². The Kier molecular flexibility index (Phi) is 15.0. The number of aliphatic hydroxyl groups excluding tert-OH is 2. The predicted molar refractivity (Wildman–Crippen MR) is 221 cm³/mol. The van der Waals surface area contributed by atoms with Gasteiger partial charge in [0.05, 0.1) is 18.2 Å². The van der Waals surface area contributed by atoms with E-state index in [-0.39, 0.29) is 49.4 Å². The molecule has 0 bridgehead atoms. The van der Waals surface area contributed by atoms with Gasteiger partial charge < -0.3 is 34.2 Å². The monoisotopic (exact) mass is 778 g/mol. The number of hydrogen-bond acceptors (Lipinski definition) is 9. The van der Waals surface area contributed by atoms with Crippen molar-refractivity contribution in [2.75, 3.05) is 52.6 Å². The smallest absolute Gasteiger partial charge is 0.239 e. The molecule has 6 atom stereocenters. The van der Waals surface area contributed by atoms with Crippen molar-refractivity contribution in [2.24, 2.45) is 28.8 Å². The first-order chi connectivity index (χ1) is 27.1. The van der Waals surface area contributed by atoms with Gasteiger partial charge >= 0.3 is 0 Å². The van der Waals surface area contributed by atoms with Gasteiger partial charge in [-0.2, -0.15) is 0 Å². The molecule has 10 heteroatoms. The van der Waals surface area contributed by atoms with Crippen molar-refractivity contribution in [1.29, 1.82) is 0 Å². The van der Waals surface area contributed by atoms with Crippen molar-refractivity contribution >= 4 is 11.6 Å². The number of benzene rings is 1. The quantitative estimate of drug-likeness (QED) is 0.0527. The molecule has 6 rings (SSSR count). The van der Waals surface area contributed by atoms with Crippen LogP contribution in [0.15, 0.2) is 47.7 Å². The molecule has 2 saturated carbocycles. The van der Waals surface area contributed by atoms with Crippen molar-refractivity contribution in [3.8, 4) is 11.5 Å². The molecule has 1 aromatic carbocycles. The zero-order valence-corrected chi connectivity index (χ0v) is 34.9. The SMILES string of the molecule is C=CCOC12Oc3ccc(OCCN4CC4)cc3C3C(CCCCO)C(CCCCO)C=C(C(=NOC(C)(C)C)CC1N(CCC)C(=O)CCC1CCCC1)C32. The second-order valence-corrected chi connectivity index (χ2v) is 17.9. The summed E-state index contributed by atoms with van der Waals surface area (Å²) in [6.45, 7) is 17.2. The molecular formula is C46H71N3O7. The van der Waals surface area contributed by atoms with E-state index >= 15 is 0 Å². The first kappa shape index (κ1) is 42.7. The number of ether oxygens (including phenoxy) is 3. The van der Waals surface area contributed by atoms with Crippen molar-refractivity contribution in [3.05, 3.63) is 48.1 Å². The van der Waals surface area contributed by atoms with Gasteiger partial charge in [-0.25, -0.2) is 0 Å². The average Bonchev–Trinajstić information content (AvgIpc) is 3.86. The van der Waals surface area contributed by atoms with Gasteiger partial charge in [0.2, 0.25) is 11.7 Å². The number of allylic oxidation sites excluding steroid dienone is 1. The lowest BCUT2D eigenvalue weighted by molar-refractivity contribution is -0.257. The van der Waals surface area contributed by atoms with Crippen LogP contribution in [0.5, 0.6) is 11.5 Å². The van der Waals surface area contributed by atoms with Gasteiger partial charge in [-0.1, -0.05) is 62.8 Å². The fraction of sp³-hybridized carbons (Fsp3) is 0.739. The Morgan fingerprint density at radius 3 is 2.52 bits per heavy atom. The average molecular weight is 778 g/mol. The summed E-state index contributed by atoms with van der Waals surface area (Å²) in [6.07, 6.45) is 16.8. The number of fused-ring (bicyclic) bond motifs is 2. The molecule has 0 aromatic heterocycles. The van der Waals surface area contributed by atoms with Crippen LogP contribution in [0, 0.1) is 23.7 Å². The summed E-state index contributed by atoms with van der Waals surface area (Å²) in [4.78, 5) is 25.4. The Morgan fingerprint density at radius 2 is 1.84 bits per heavy atom. The molecule has 1 aromatic rings. The van der Waals surface area contributed by atoms with Gasteiger partial charge in [-0.15, -0.1) is 6.58 Å². The highest BCUT2D eigenvalue weighted by Gasteiger charge is 2.65. The Hall–Kier alpha value is -2.92. The van der Waals surface area contributed by atoms with Gasteiger partial charge in [0, 0.05) is 63.7 Å². The van der Waals surface area contributed by atoms with Crippen molar-refractivity contribution in [1.82, 2.24) is 9.80 Å². The second-order valence-electron chi connectivity index (χ2n) is 17.9. The minimum Gasteiger partial charge on any atom is -0.492 e. The Bertz CT molecular complexity index is 1510. The van der Waals surface area contributed by atoms with E-state index in [2.05, 4.69) is 41.5 Å². The van der Waals surface area contributed by atoms with Crippen LogP contribution in [0.1, 0.15) is 129 Å². The van der Waals surface area contributed by atoms with Crippen LogP contribution >= 0.6 is 0 Å². The summed E-state index contributed by atoms with van der Waals surface area (Å²) < 4.78 is 20.9. The number of carbonyl (C=O) groups excluding carboxylic acids is 1. The van der Waals surface area contributed by atoms with Crippen LogP contribution in [0.2, 0.25) is 0 Å². The summed E-state index contributed by atoms with van der Waals surface area (Å²) in [5.74, 6) is 1.12. The molecule has 3 fully saturated rings. The Morgan fingerprint density at radius 1 is 1.09 bits per heavy atom. The summed E-state index contributed by atoms with van der Waals surface area (Å²) >= 11 is 0. The molecule has 0 radical (unpaired) electrons. The molecule has 6 unspecified atom stereocenters. The number of carbonyl (C=O) groups is 1. The van der Waals surface area contributed by atoms with E-state index in [4.69, 9.17) is 24.2 Å². The molecule has 56 heavy (non-hydrogen) atoms. The third-order valence-corrected chi connectivity index (χ3v) is 12.7. The van der Waals surface area contributed by atoms with E-state index in [1.54, 1.807) is 6.08 Å². The van der Waals surface area contributed by atoms with Crippen molar-refractivity contribution in [2.45, 2.75) is 141 Å². The van der Waals surface area contributed by atoms with E-state index in [0.29, 0.717) is 31.9 Å². The van der Waals surface area contributed by atoms with Gasteiger partial charge in [0.15, 0.2) is 0 Å². The van der Waals surface area contributed by atoms with Crippen LogP contribution in [0.4, 0.5) is 0 Å². The molecule has 1 amide bonds. The van der Waals surface area contributed by atoms with Gasteiger partial charge in [0.1, 0.15) is 29.7 Å². The van der Waals surface area contributed by atoms with Crippen LogP contribution in [0.3, 0.4) is 0 Å². The molecule has 3 aliphatic carbocycles. The third kappa shape index (κ3) is 10.2. The van der Waals surface area contributed by atoms with Gasteiger partial charge in [-0.05, 0) is 101 Å². The summed E-state index contributed by atoms with van der Waals surface area (Å²) in [7, 11) is 0. The van der Waals surface area contributed by atoms with Crippen molar-refractivity contribution < 1.29 is 34.1 Å². The minimum atomic E-state index is -1.22. The van der Waals surface area contributed by atoms with Crippen LogP contribution in [0.25, 0.3) is 0 Å². The summed E-state index contributed by atoms with van der Waals surface area (Å²) in [5, 5.41) is 24.8. The zero-order chi connectivity index (χ0) is 39.7. The number of oxime groups is 1. The number of amides is 1. The zero-order valence-electron chi connectivity index (χ0n) is 34.9. The number of hydrogen-bond donors (Lipinski definition) is 2. The number of unbranched alkanes of at least 4 members (excludes halogenated alkanes) is 2. The third-order valence-electron chi connectivity index (χ3n) is 12.7. The maximum absolute atomic E-state index is 14.7. The lowest BCUT2D eigenvalue weighted by atomic mass is 9.55. The Balaban J connectivity index is 1.52. The standard InChI is InChI=1S/C46H71N3O7/c1-6-22-49(42(52)21-18-33-14-8-9-15-33)41-32-39(47-56-45(3,4)5)37-30-34(16-10-12-26-50)36(17-11-13-27-51)43-38-31-35(53-29-25-48-23-24-48)19-20-40(38)55-46(41,44(37)43)54-28-7-2/h7,19-20,30-31,33-34,36,41,43-44,50-51H,2,6,8-18,21-29,32H2,1,3-5H3. The topological polar surface area (TPSA) is 113 Å². The number of rotatable bonds is 22. The highest BCUT2D eigenvalue weighted by Crippen LogP contribution is 2.62. The molecule has 5 aliphatic rings. The maximum Gasteiger partial charge on any atom is 0.239 e. The first-order valence-electron chi connectivity index (χ1n) is 22.0. The van der Waals surface area contributed by atoms with Crippen LogP contribution in [-0.2, 0) is 14.4 Å². The fourth-order valence-corrected chi connectivity index (χ4v) is 9.98. The highest BCUT2D eigenvalue weighted by atomic mass is 16.7. The van der Waals surface area contributed by atoms with Crippen LogP contribution < -0.4 is 9.47 Å². The fourth-order valence-electron chi connectivity index (χ4n) is 9.98. The highest BCUT2D eigenvalue weighted by molar-refractivity contribution is 6.03.